The Morgan fingerprint density at radius 3 is 2.77 bits per heavy atom. The second kappa shape index (κ2) is 10.9. The molecule has 1 aromatic carbocycles. The van der Waals surface area contributed by atoms with E-state index >= 15 is 0 Å². The van der Waals surface area contributed by atoms with E-state index in [1.165, 1.54) is 24.5 Å². The number of hydrogen-bond donors (Lipinski definition) is 2. The Balaban J connectivity index is 1.93. The van der Waals surface area contributed by atoms with Gasteiger partial charge in [0.1, 0.15) is 5.82 Å². The van der Waals surface area contributed by atoms with Gasteiger partial charge in [-0.05, 0) is 49.6 Å². The summed E-state index contributed by atoms with van der Waals surface area (Å²) in [6, 6.07) is 9.28. The van der Waals surface area contributed by atoms with Gasteiger partial charge in [0.05, 0.1) is 15.3 Å². The van der Waals surface area contributed by atoms with Crippen molar-refractivity contribution in [3.63, 3.8) is 0 Å². The number of allylic oxidation sites excluding steroid dienone is 1. The van der Waals surface area contributed by atoms with E-state index < -0.39 is 27.7 Å². The Morgan fingerprint density at radius 2 is 2.06 bits per heavy atom. The maximum absolute atomic E-state index is 14.0. The lowest BCUT2D eigenvalue weighted by Gasteiger charge is -2.24. The van der Waals surface area contributed by atoms with Crippen molar-refractivity contribution >= 4 is 33.2 Å². The lowest BCUT2D eigenvalue weighted by atomic mass is 10.1. The van der Waals surface area contributed by atoms with Crippen molar-refractivity contribution < 1.29 is 27.7 Å². The SMILES string of the molecule is C=CCCc1ccc(C(=O)Nc2cccc(S(C)(=O)=NC(=O)O)c2)c(N2CCCC(F)(F)CC2)n1. The molecule has 11 heteroatoms. The number of rotatable bonds is 7. The van der Waals surface area contributed by atoms with Crippen LogP contribution in [0.3, 0.4) is 0 Å². The second-order valence-corrected chi connectivity index (χ2v) is 10.6. The van der Waals surface area contributed by atoms with Crippen LogP contribution in [0.2, 0.25) is 0 Å². The van der Waals surface area contributed by atoms with E-state index in [1.807, 2.05) is 0 Å². The van der Waals surface area contributed by atoms with Crippen LogP contribution in [-0.2, 0) is 16.1 Å². The minimum atomic E-state index is -3.21. The van der Waals surface area contributed by atoms with Crippen molar-refractivity contribution in [2.75, 3.05) is 29.6 Å². The zero-order valence-electron chi connectivity index (χ0n) is 19.4. The molecule has 0 radical (unpaired) electrons. The van der Waals surface area contributed by atoms with Gasteiger partial charge in [-0.3, -0.25) is 4.79 Å². The van der Waals surface area contributed by atoms with E-state index in [0.717, 1.165) is 5.69 Å². The molecule has 1 aromatic heterocycles. The van der Waals surface area contributed by atoms with E-state index in [9.17, 15) is 22.6 Å². The lowest BCUT2D eigenvalue weighted by Crippen LogP contribution is -2.29. The Bertz CT molecular complexity index is 1240. The van der Waals surface area contributed by atoms with Crippen LogP contribution in [0, 0.1) is 0 Å². The van der Waals surface area contributed by atoms with E-state index in [2.05, 4.69) is 21.2 Å². The highest BCUT2D eigenvalue weighted by molar-refractivity contribution is 7.93. The molecule has 2 heterocycles. The maximum atomic E-state index is 14.0. The minimum Gasteiger partial charge on any atom is -0.463 e. The summed E-state index contributed by atoms with van der Waals surface area (Å²) in [4.78, 5) is 30.6. The fourth-order valence-electron chi connectivity index (χ4n) is 3.78. The van der Waals surface area contributed by atoms with Gasteiger partial charge >= 0.3 is 6.09 Å². The number of alkyl halides is 2. The third kappa shape index (κ3) is 7.08. The molecule has 2 amide bonds. The normalized spacial score (nSPS) is 17.1. The molecule has 0 spiro atoms. The topological polar surface area (TPSA) is 112 Å². The summed E-state index contributed by atoms with van der Waals surface area (Å²) in [6.07, 6.45) is 2.40. The number of amides is 2. The summed E-state index contributed by atoms with van der Waals surface area (Å²) < 4.78 is 43.8. The fraction of sp³-hybridized carbons (Fsp3) is 0.375. The van der Waals surface area contributed by atoms with Crippen LogP contribution in [0.5, 0.6) is 0 Å². The van der Waals surface area contributed by atoms with Crippen LogP contribution in [0.4, 0.5) is 25.1 Å². The molecule has 2 aromatic rings. The van der Waals surface area contributed by atoms with Crippen LogP contribution >= 0.6 is 0 Å². The number of benzene rings is 1. The van der Waals surface area contributed by atoms with Crippen molar-refractivity contribution in [3.05, 3.63) is 60.3 Å². The zero-order chi connectivity index (χ0) is 25.6. The van der Waals surface area contributed by atoms with Gasteiger partial charge in [0, 0.05) is 48.5 Å². The van der Waals surface area contributed by atoms with E-state index in [4.69, 9.17) is 5.11 Å². The first-order valence-electron chi connectivity index (χ1n) is 11.1. The Hall–Kier alpha value is -3.34. The van der Waals surface area contributed by atoms with Crippen molar-refractivity contribution in [2.45, 2.75) is 42.9 Å². The minimum absolute atomic E-state index is 0.0647. The number of pyridine rings is 1. The summed E-state index contributed by atoms with van der Waals surface area (Å²) in [5, 5.41) is 11.6. The first-order chi connectivity index (χ1) is 16.5. The number of carboxylic acid groups (broad SMARTS) is 1. The second-order valence-electron chi connectivity index (χ2n) is 8.36. The molecule has 3 rings (SSSR count). The van der Waals surface area contributed by atoms with Crippen molar-refractivity contribution in [3.8, 4) is 0 Å². The molecule has 8 nitrogen and oxygen atoms in total. The summed E-state index contributed by atoms with van der Waals surface area (Å²) >= 11 is 0. The standard InChI is InChI=1S/C24H28F2N4O4S/c1-3-4-7-17-10-11-20(21(27-17)30-14-6-12-24(25,26)13-15-30)22(31)28-18-8-5-9-19(16-18)35(2,34)29-23(32)33/h3,5,8-11,16H,1,4,6-7,12-15H2,2H3,(H,28,31)(H,32,33). The highest BCUT2D eigenvalue weighted by Gasteiger charge is 2.33. The summed E-state index contributed by atoms with van der Waals surface area (Å²) in [5.74, 6) is -2.95. The number of nitrogens with one attached hydrogen (secondary N) is 1. The summed E-state index contributed by atoms with van der Waals surface area (Å²) in [7, 11) is -3.21. The Labute approximate surface area is 203 Å². The molecule has 1 aliphatic heterocycles. The largest absolute Gasteiger partial charge is 0.463 e. The van der Waals surface area contributed by atoms with Crippen LogP contribution in [0.25, 0.3) is 0 Å². The summed E-state index contributed by atoms with van der Waals surface area (Å²) in [5.41, 5.74) is 1.22. The molecule has 1 fully saturated rings. The molecule has 1 atom stereocenters. The Kier molecular flexibility index (Phi) is 8.21. The lowest BCUT2D eigenvalue weighted by molar-refractivity contribution is -0.0102. The number of nitrogens with zero attached hydrogens (tertiary/aromatic N) is 3. The molecule has 0 aliphatic carbocycles. The molecular formula is C24H28F2N4O4S. The van der Waals surface area contributed by atoms with E-state index in [1.54, 1.807) is 29.2 Å². The zero-order valence-corrected chi connectivity index (χ0v) is 20.2. The molecule has 2 N–H and O–H groups in total. The van der Waals surface area contributed by atoms with Crippen LogP contribution in [-0.4, -0.2) is 51.6 Å². The Morgan fingerprint density at radius 1 is 1.29 bits per heavy atom. The average Bonchev–Trinajstić information content (AvgIpc) is 2.97. The first kappa shape index (κ1) is 26.3. The number of aromatic nitrogens is 1. The van der Waals surface area contributed by atoms with Crippen molar-refractivity contribution in [1.82, 2.24) is 4.98 Å². The van der Waals surface area contributed by atoms with Gasteiger partial charge < -0.3 is 15.3 Å². The first-order valence-corrected chi connectivity index (χ1v) is 13.0. The van der Waals surface area contributed by atoms with Gasteiger partial charge in [0.25, 0.3) is 5.91 Å². The molecular weight excluding hydrogens is 478 g/mol. The monoisotopic (exact) mass is 506 g/mol. The van der Waals surface area contributed by atoms with Crippen LogP contribution in [0.1, 0.15) is 41.7 Å². The highest BCUT2D eigenvalue weighted by atomic mass is 32.2. The molecule has 1 unspecified atom stereocenters. The molecule has 35 heavy (non-hydrogen) atoms. The van der Waals surface area contributed by atoms with Gasteiger partial charge in [-0.2, -0.15) is 0 Å². The molecule has 0 bridgehead atoms. The van der Waals surface area contributed by atoms with Crippen LogP contribution in [0.15, 0.2) is 58.3 Å². The molecule has 0 saturated carbocycles. The number of anilines is 2. The third-order valence-electron chi connectivity index (χ3n) is 5.58. The maximum Gasteiger partial charge on any atom is 0.439 e. The summed E-state index contributed by atoms with van der Waals surface area (Å²) in [6.45, 7) is 4.11. The predicted octanol–water partition coefficient (Wildman–Crippen LogP) is 5.21. The third-order valence-corrected chi connectivity index (χ3v) is 7.21. The van der Waals surface area contributed by atoms with E-state index in [-0.39, 0.29) is 42.0 Å². The smallest absolute Gasteiger partial charge is 0.439 e. The molecule has 188 valence electrons. The number of carbonyl (C=O) groups excluding carboxylic acids is 1. The van der Waals surface area contributed by atoms with Gasteiger partial charge in [0.2, 0.25) is 5.92 Å². The fourth-order valence-corrected chi connectivity index (χ4v) is 4.86. The van der Waals surface area contributed by atoms with Gasteiger partial charge in [-0.1, -0.05) is 12.1 Å². The van der Waals surface area contributed by atoms with Gasteiger partial charge in [-0.15, -0.1) is 10.9 Å². The number of hydrogen-bond acceptors (Lipinski definition) is 5. The van der Waals surface area contributed by atoms with Crippen molar-refractivity contribution in [1.29, 1.82) is 0 Å². The average molecular weight is 507 g/mol. The number of aryl methyl sites for hydroxylation is 1. The number of carbonyl (C=O) groups is 2. The predicted molar refractivity (Wildman–Crippen MR) is 131 cm³/mol. The van der Waals surface area contributed by atoms with Gasteiger partial charge in [-0.25, -0.2) is 22.8 Å². The van der Waals surface area contributed by atoms with Gasteiger partial charge in [0.15, 0.2) is 0 Å². The van der Waals surface area contributed by atoms with E-state index in [0.29, 0.717) is 25.2 Å². The molecule has 1 saturated heterocycles. The highest BCUT2D eigenvalue weighted by Crippen LogP contribution is 2.31. The molecule has 1 aliphatic rings. The number of halogens is 2. The van der Waals surface area contributed by atoms with Crippen LogP contribution < -0.4 is 10.2 Å². The quantitative estimate of drug-likeness (QED) is 0.499. The van der Waals surface area contributed by atoms with Crippen molar-refractivity contribution in [2.24, 2.45) is 4.36 Å².